The van der Waals surface area contributed by atoms with Crippen molar-refractivity contribution in [1.29, 1.82) is 0 Å². The Morgan fingerprint density at radius 2 is 2.09 bits per heavy atom. The lowest BCUT2D eigenvalue weighted by Gasteiger charge is -2.34. The summed E-state index contributed by atoms with van der Waals surface area (Å²) in [7, 11) is 0. The number of hydrogen-bond acceptors (Lipinski definition) is 2. The smallest absolute Gasteiger partial charge is 0.290 e. The third kappa shape index (κ3) is 3.37. The summed E-state index contributed by atoms with van der Waals surface area (Å²) in [5.74, 6) is 0.476. The molecule has 0 N–H and O–H groups in total. The molecule has 122 valence electrons. The van der Waals surface area contributed by atoms with E-state index in [1.807, 2.05) is 17.9 Å². The third-order valence-corrected chi connectivity index (χ3v) is 4.96. The maximum atomic E-state index is 13.0. The second-order valence-corrected chi connectivity index (χ2v) is 7.01. The molecule has 0 saturated heterocycles. The van der Waals surface area contributed by atoms with E-state index in [2.05, 4.69) is 47.1 Å². The Balaban J connectivity index is 1.85. The molecule has 1 aliphatic rings. The number of hydrogen-bond donors (Lipinski definition) is 0. The standard InChI is InChI=1S/C19H22BrNO2/c1-3-10-21(19(22)18-13(2)11-17(20)23-18)16-9-8-14-6-4-5-7-15(14)12-16/h4-7,11,16H,3,8-10,12H2,1-2H3. The molecule has 3 nitrogen and oxygen atoms in total. The van der Waals surface area contributed by atoms with Crippen LogP contribution in [0.25, 0.3) is 0 Å². The van der Waals surface area contributed by atoms with E-state index in [4.69, 9.17) is 4.42 Å². The first-order valence-corrected chi connectivity index (χ1v) is 9.03. The fourth-order valence-electron chi connectivity index (χ4n) is 3.42. The summed E-state index contributed by atoms with van der Waals surface area (Å²) in [6.45, 7) is 4.80. The highest BCUT2D eigenvalue weighted by Crippen LogP contribution is 2.27. The maximum absolute atomic E-state index is 13.0. The number of aryl methyl sites for hydroxylation is 2. The average Bonchev–Trinajstić information content (AvgIpc) is 2.90. The van der Waals surface area contributed by atoms with Crippen molar-refractivity contribution < 1.29 is 9.21 Å². The molecule has 0 spiro atoms. The van der Waals surface area contributed by atoms with Crippen LogP contribution in [0.3, 0.4) is 0 Å². The summed E-state index contributed by atoms with van der Waals surface area (Å²) < 4.78 is 6.20. The Bertz CT molecular complexity index is 707. The van der Waals surface area contributed by atoms with Gasteiger partial charge in [-0.2, -0.15) is 0 Å². The molecule has 1 aromatic carbocycles. The molecule has 1 heterocycles. The van der Waals surface area contributed by atoms with E-state index in [0.29, 0.717) is 10.4 Å². The van der Waals surface area contributed by atoms with Crippen LogP contribution in [0.2, 0.25) is 0 Å². The Hall–Kier alpha value is -1.55. The minimum atomic E-state index is 0.0134. The molecule has 0 radical (unpaired) electrons. The molecule has 1 unspecified atom stereocenters. The number of rotatable bonds is 4. The van der Waals surface area contributed by atoms with E-state index in [1.165, 1.54) is 11.1 Å². The van der Waals surface area contributed by atoms with Gasteiger partial charge in [0.2, 0.25) is 0 Å². The summed E-state index contributed by atoms with van der Waals surface area (Å²) in [6.07, 6.45) is 3.94. The van der Waals surface area contributed by atoms with Crippen LogP contribution in [0, 0.1) is 6.92 Å². The van der Waals surface area contributed by atoms with Crippen molar-refractivity contribution >= 4 is 21.8 Å². The Morgan fingerprint density at radius 3 is 2.74 bits per heavy atom. The van der Waals surface area contributed by atoms with Gasteiger partial charge in [-0.1, -0.05) is 31.2 Å². The lowest BCUT2D eigenvalue weighted by Crippen LogP contribution is -2.44. The molecule has 0 fully saturated rings. The number of amides is 1. The van der Waals surface area contributed by atoms with E-state index in [0.717, 1.165) is 37.8 Å². The SMILES string of the molecule is CCCN(C(=O)c1oc(Br)cc1C)C1CCc2ccccc2C1. The van der Waals surface area contributed by atoms with Crippen molar-refractivity contribution in [3.05, 3.63) is 57.5 Å². The summed E-state index contributed by atoms with van der Waals surface area (Å²) in [5.41, 5.74) is 3.68. The number of benzene rings is 1. The maximum Gasteiger partial charge on any atom is 0.290 e. The zero-order valence-electron chi connectivity index (χ0n) is 13.6. The van der Waals surface area contributed by atoms with Gasteiger partial charge in [-0.25, -0.2) is 0 Å². The van der Waals surface area contributed by atoms with Gasteiger partial charge >= 0.3 is 0 Å². The van der Waals surface area contributed by atoms with Crippen molar-refractivity contribution in [2.24, 2.45) is 0 Å². The number of halogens is 1. The molecule has 1 aromatic heterocycles. The Labute approximate surface area is 145 Å². The molecule has 4 heteroatoms. The van der Waals surface area contributed by atoms with Gasteiger partial charge in [-0.15, -0.1) is 0 Å². The predicted octanol–water partition coefficient (Wildman–Crippen LogP) is 4.76. The van der Waals surface area contributed by atoms with E-state index in [9.17, 15) is 4.79 Å². The highest BCUT2D eigenvalue weighted by molar-refractivity contribution is 9.10. The van der Waals surface area contributed by atoms with Crippen LogP contribution in [0.15, 0.2) is 39.4 Å². The van der Waals surface area contributed by atoms with Gasteiger partial charge in [-0.3, -0.25) is 4.79 Å². The molecule has 1 amide bonds. The molecule has 0 bridgehead atoms. The van der Waals surface area contributed by atoms with Crippen LogP contribution in [0.5, 0.6) is 0 Å². The molecule has 0 aliphatic heterocycles. The first-order valence-electron chi connectivity index (χ1n) is 8.23. The first-order chi connectivity index (χ1) is 11.1. The van der Waals surface area contributed by atoms with Crippen molar-refractivity contribution in [3.8, 4) is 0 Å². The van der Waals surface area contributed by atoms with Crippen molar-refractivity contribution in [2.75, 3.05) is 6.54 Å². The predicted molar refractivity (Wildman–Crippen MR) is 94.7 cm³/mol. The Morgan fingerprint density at radius 1 is 1.35 bits per heavy atom. The minimum absolute atomic E-state index is 0.0134. The van der Waals surface area contributed by atoms with E-state index in [-0.39, 0.29) is 11.9 Å². The zero-order chi connectivity index (χ0) is 16.4. The van der Waals surface area contributed by atoms with Crippen LogP contribution in [0.4, 0.5) is 0 Å². The highest BCUT2D eigenvalue weighted by atomic mass is 79.9. The average molecular weight is 376 g/mol. The van der Waals surface area contributed by atoms with Crippen molar-refractivity contribution in [2.45, 2.75) is 45.6 Å². The van der Waals surface area contributed by atoms with Gasteiger partial charge in [0.25, 0.3) is 5.91 Å². The molecule has 23 heavy (non-hydrogen) atoms. The Kier molecular flexibility index (Phi) is 4.90. The van der Waals surface area contributed by atoms with Gasteiger partial charge in [0.1, 0.15) is 0 Å². The fraction of sp³-hybridized carbons (Fsp3) is 0.421. The van der Waals surface area contributed by atoms with Crippen LogP contribution < -0.4 is 0 Å². The number of nitrogens with zero attached hydrogens (tertiary/aromatic N) is 1. The molecule has 1 atom stereocenters. The van der Waals surface area contributed by atoms with Crippen LogP contribution in [-0.2, 0) is 12.8 Å². The fourth-order valence-corrected chi connectivity index (χ4v) is 3.93. The first kappa shape index (κ1) is 16.3. The molecular formula is C19H22BrNO2. The van der Waals surface area contributed by atoms with E-state index in [1.54, 1.807) is 0 Å². The van der Waals surface area contributed by atoms with Crippen molar-refractivity contribution in [3.63, 3.8) is 0 Å². The number of carbonyl (C=O) groups is 1. The summed E-state index contributed by atoms with van der Waals surface area (Å²) in [6, 6.07) is 10.7. The lowest BCUT2D eigenvalue weighted by molar-refractivity contribution is 0.0626. The van der Waals surface area contributed by atoms with Crippen LogP contribution in [0.1, 0.15) is 47.0 Å². The normalized spacial score (nSPS) is 16.9. The van der Waals surface area contributed by atoms with Gasteiger partial charge < -0.3 is 9.32 Å². The number of carbonyl (C=O) groups excluding carboxylic acids is 1. The quantitative estimate of drug-likeness (QED) is 0.771. The van der Waals surface area contributed by atoms with Crippen LogP contribution in [-0.4, -0.2) is 23.4 Å². The molecular weight excluding hydrogens is 354 g/mol. The third-order valence-electron chi connectivity index (χ3n) is 4.57. The number of furan rings is 1. The van der Waals surface area contributed by atoms with E-state index < -0.39 is 0 Å². The minimum Gasteiger partial charge on any atom is -0.444 e. The molecule has 2 aromatic rings. The second-order valence-electron chi connectivity index (χ2n) is 6.23. The monoisotopic (exact) mass is 375 g/mol. The van der Waals surface area contributed by atoms with Gasteiger partial charge in [0.05, 0.1) is 0 Å². The molecule has 3 rings (SSSR count). The summed E-state index contributed by atoms with van der Waals surface area (Å²) in [4.78, 5) is 15.0. The number of fused-ring (bicyclic) bond motifs is 1. The summed E-state index contributed by atoms with van der Waals surface area (Å²) in [5, 5.41) is 0. The highest BCUT2D eigenvalue weighted by Gasteiger charge is 2.30. The van der Waals surface area contributed by atoms with Crippen molar-refractivity contribution in [1.82, 2.24) is 4.90 Å². The molecule has 0 saturated carbocycles. The summed E-state index contributed by atoms with van der Waals surface area (Å²) >= 11 is 3.32. The van der Waals surface area contributed by atoms with E-state index >= 15 is 0 Å². The van der Waals surface area contributed by atoms with Gasteiger partial charge in [0, 0.05) is 18.2 Å². The topological polar surface area (TPSA) is 33.5 Å². The molecule has 1 aliphatic carbocycles. The van der Waals surface area contributed by atoms with Gasteiger partial charge in [0.15, 0.2) is 10.4 Å². The lowest BCUT2D eigenvalue weighted by atomic mass is 9.87. The van der Waals surface area contributed by atoms with Gasteiger partial charge in [-0.05, 0) is 65.7 Å². The zero-order valence-corrected chi connectivity index (χ0v) is 15.2. The van der Waals surface area contributed by atoms with Crippen LogP contribution >= 0.6 is 15.9 Å². The second kappa shape index (κ2) is 6.91. The largest absolute Gasteiger partial charge is 0.444 e.